The zero-order valence-corrected chi connectivity index (χ0v) is 10.7. The minimum Gasteiger partial charge on any atom is -0.374 e. The minimum atomic E-state index is -0.499. The van der Waals surface area contributed by atoms with Crippen molar-refractivity contribution in [2.24, 2.45) is 0 Å². The monoisotopic (exact) mass is 239 g/mol. The molecular weight excluding hydrogens is 218 g/mol. The second-order valence-corrected chi connectivity index (χ2v) is 4.51. The van der Waals surface area contributed by atoms with Gasteiger partial charge in [-0.1, -0.05) is 12.2 Å². The third kappa shape index (κ3) is 4.30. The Bertz CT molecular complexity index is 312. The fourth-order valence-corrected chi connectivity index (χ4v) is 1.84. The Balaban J connectivity index is 2.46. The van der Waals surface area contributed by atoms with Gasteiger partial charge < -0.3 is 9.64 Å². The van der Waals surface area contributed by atoms with E-state index in [0.717, 1.165) is 25.8 Å². The van der Waals surface area contributed by atoms with Gasteiger partial charge in [-0.2, -0.15) is 0 Å². The molecule has 0 aromatic rings. The number of ketones is 1. The number of Topliss-reactive ketones (excluding diaryl/α,β-unsaturated/α-hetero) is 1. The molecule has 1 amide bonds. The van der Waals surface area contributed by atoms with Crippen molar-refractivity contribution < 1.29 is 14.3 Å². The van der Waals surface area contributed by atoms with Crippen molar-refractivity contribution in [1.29, 1.82) is 0 Å². The van der Waals surface area contributed by atoms with E-state index < -0.39 is 6.10 Å². The van der Waals surface area contributed by atoms with E-state index in [1.807, 2.05) is 0 Å². The molecule has 0 aliphatic carbocycles. The van der Waals surface area contributed by atoms with Crippen molar-refractivity contribution in [3.05, 3.63) is 12.2 Å². The number of amides is 1. The summed E-state index contributed by atoms with van der Waals surface area (Å²) in [4.78, 5) is 25.3. The molecule has 1 atom stereocenters. The van der Waals surface area contributed by atoms with Gasteiger partial charge in [-0.25, -0.2) is 0 Å². The minimum absolute atomic E-state index is 0.0541. The third-order valence-corrected chi connectivity index (χ3v) is 3.18. The van der Waals surface area contributed by atoms with Crippen LogP contribution in [-0.2, 0) is 14.3 Å². The van der Waals surface area contributed by atoms with E-state index in [-0.39, 0.29) is 18.1 Å². The van der Waals surface area contributed by atoms with Gasteiger partial charge in [0.05, 0.1) is 6.42 Å². The van der Waals surface area contributed by atoms with Crippen molar-refractivity contribution in [3.8, 4) is 0 Å². The number of hydrogen-bond acceptors (Lipinski definition) is 3. The lowest BCUT2D eigenvalue weighted by Gasteiger charge is -2.20. The highest BCUT2D eigenvalue weighted by Gasteiger charge is 2.21. The van der Waals surface area contributed by atoms with Gasteiger partial charge in [0, 0.05) is 20.2 Å². The molecule has 1 fully saturated rings. The number of carbonyl (C=O) groups is 2. The molecule has 0 radical (unpaired) electrons. The smallest absolute Gasteiger partial charge is 0.230 e. The SMILES string of the molecule is C=C1CCCN(C(=O)CC(=O)C(C)OC)CC1. The van der Waals surface area contributed by atoms with Gasteiger partial charge in [-0.3, -0.25) is 9.59 Å². The van der Waals surface area contributed by atoms with E-state index in [1.54, 1.807) is 11.8 Å². The molecule has 0 N–H and O–H groups in total. The van der Waals surface area contributed by atoms with Crippen LogP contribution in [-0.4, -0.2) is 42.9 Å². The molecule has 96 valence electrons. The molecule has 1 aliphatic rings. The summed E-state index contributed by atoms with van der Waals surface area (Å²) in [6.07, 6.45) is 2.22. The van der Waals surface area contributed by atoms with Crippen LogP contribution in [0.2, 0.25) is 0 Å². The van der Waals surface area contributed by atoms with E-state index >= 15 is 0 Å². The zero-order valence-electron chi connectivity index (χ0n) is 10.7. The lowest BCUT2D eigenvalue weighted by Crippen LogP contribution is -2.35. The molecular formula is C13H21NO3. The highest BCUT2D eigenvalue weighted by atomic mass is 16.5. The van der Waals surface area contributed by atoms with Crippen LogP contribution < -0.4 is 0 Å². The van der Waals surface area contributed by atoms with E-state index in [1.165, 1.54) is 12.7 Å². The topological polar surface area (TPSA) is 46.6 Å². The second kappa shape index (κ2) is 6.55. The van der Waals surface area contributed by atoms with Gasteiger partial charge in [0.2, 0.25) is 5.91 Å². The van der Waals surface area contributed by atoms with Crippen molar-refractivity contribution >= 4 is 11.7 Å². The van der Waals surface area contributed by atoms with Crippen molar-refractivity contribution in [2.75, 3.05) is 20.2 Å². The molecule has 4 heteroatoms. The number of nitrogens with zero attached hydrogens (tertiary/aromatic N) is 1. The Kier molecular flexibility index (Phi) is 5.35. The summed E-state index contributed by atoms with van der Waals surface area (Å²) in [6, 6.07) is 0. The highest BCUT2D eigenvalue weighted by Crippen LogP contribution is 2.15. The molecule has 1 saturated heterocycles. The van der Waals surface area contributed by atoms with Gasteiger partial charge >= 0.3 is 0 Å². The number of hydrogen-bond donors (Lipinski definition) is 0. The van der Waals surface area contributed by atoms with E-state index in [0.29, 0.717) is 6.54 Å². The Hall–Kier alpha value is -1.16. The maximum Gasteiger partial charge on any atom is 0.230 e. The first-order chi connectivity index (χ1) is 8.04. The maximum atomic E-state index is 11.9. The maximum absolute atomic E-state index is 11.9. The van der Waals surface area contributed by atoms with Gasteiger partial charge in [-0.15, -0.1) is 0 Å². The van der Waals surface area contributed by atoms with Gasteiger partial charge in [0.1, 0.15) is 6.10 Å². The van der Waals surface area contributed by atoms with Gasteiger partial charge in [0.25, 0.3) is 0 Å². The van der Waals surface area contributed by atoms with Crippen molar-refractivity contribution in [2.45, 2.75) is 38.7 Å². The molecule has 1 aliphatic heterocycles. The molecule has 1 unspecified atom stereocenters. The summed E-state index contributed by atoms with van der Waals surface area (Å²) < 4.78 is 4.91. The fraction of sp³-hybridized carbons (Fsp3) is 0.692. The Morgan fingerprint density at radius 3 is 2.76 bits per heavy atom. The van der Waals surface area contributed by atoms with E-state index in [9.17, 15) is 9.59 Å². The summed E-state index contributed by atoms with van der Waals surface area (Å²) in [5, 5.41) is 0. The molecule has 0 spiro atoms. The molecule has 0 aromatic carbocycles. The molecule has 1 heterocycles. The summed E-state index contributed by atoms with van der Waals surface area (Å²) in [5.41, 5.74) is 1.19. The third-order valence-electron chi connectivity index (χ3n) is 3.18. The number of methoxy groups -OCH3 is 1. The largest absolute Gasteiger partial charge is 0.374 e. The predicted molar refractivity (Wildman–Crippen MR) is 65.7 cm³/mol. The first-order valence-corrected chi connectivity index (χ1v) is 6.04. The summed E-state index contributed by atoms with van der Waals surface area (Å²) >= 11 is 0. The summed E-state index contributed by atoms with van der Waals surface area (Å²) in [5.74, 6) is -0.242. The Morgan fingerprint density at radius 1 is 1.41 bits per heavy atom. The number of likely N-dealkylation sites (tertiary alicyclic amines) is 1. The average Bonchev–Trinajstić information content (AvgIpc) is 2.52. The van der Waals surface area contributed by atoms with Gasteiger partial charge in [-0.05, 0) is 26.2 Å². The lowest BCUT2D eigenvalue weighted by atomic mass is 10.1. The zero-order chi connectivity index (χ0) is 12.8. The van der Waals surface area contributed by atoms with Crippen LogP contribution in [0.1, 0.15) is 32.6 Å². The highest BCUT2D eigenvalue weighted by molar-refractivity contribution is 6.00. The average molecular weight is 239 g/mol. The lowest BCUT2D eigenvalue weighted by molar-refractivity contribution is -0.138. The Labute approximate surface area is 103 Å². The van der Waals surface area contributed by atoms with E-state index in [4.69, 9.17) is 4.74 Å². The van der Waals surface area contributed by atoms with Crippen LogP contribution in [0.5, 0.6) is 0 Å². The quantitative estimate of drug-likeness (QED) is 0.552. The summed E-state index contributed by atoms with van der Waals surface area (Å²) in [7, 11) is 1.48. The summed E-state index contributed by atoms with van der Waals surface area (Å²) in [6.45, 7) is 7.03. The number of rotatable bonds is 4. The van der Waals surface area contributed by atoms with E-state index in [2.05, 4.69) is 6.58 Å². The van der Waals surface area contributed by atoms with Crippen molar-refractivity contribution in [3.63, 3.8) is 0 Å². The fourth-order valence-electron chi connectivity index (χ4n) is 1.84. The normalized spacial score (nSPS) is 18.7. The molecule has 0 aromatic heterocycles. The van der Waals surface area contributed by atoms with Crippen LogP contribution in [0.25, 0.3) is 0 Å². The number of carbonyl (C=O) groups excluding carboxylic acids is 2. The first kappa shape index (κ1) is 13.9. The van der Waals surface area contributed by atoms with Crippen LogP contribution >= 0.6 is 0 Å². The predicted octanol–water partition coefficient (Wildman–Crippen LogP) is 1.55. The van der Waals surface area contributed by atoms with Gasteiger partial charge in [0.15, 0.2) is 5.78 Å². The molecule has 4 nitrogen and oxygen atoms in total. The molecule has 0 saturated carbocycles. The van der Waals surface area contributed by atoms with Crippen LogP contribution in [0.15, 0.2) is 12.2 Å². The number of ether oxygens (including phenoxy) is 1. The standard InChI is InChI=1S/C13H21NO3/c1-10-5-4-7-14(8-6-10)13(16)9-12(15)11(2)17-3/h11H,1,4-9H2,2-3H3. The van der Waals surface area contributed by atoms with Crippen LogP contribution in [0.3, 0.4) is 0 Å². The molecule has 1 rings (SSSR count). The Morgan fingerprint density at radius 2 is 2.12 bits per heavy atom. The van der Waals surface area contributed by atoms with Crippen molar-refractivity contribution in [1.82, 2.24) is 4.90 Å². The van der Waals surface area contributed by atoms with Crippen LogP contribution in [0.4, 0.5) is 0 Å². The van der Waals surface area contributed by atoms with Crippen LogP contribution in [0, 0.1) is 0 Å². The first-order valence-electron chi connectivity index (χ1n) is 6.04. The second-order valence-electron chi connectivity index (χ2n) is 4.51. The molecule has 0 bridgehead atoms. The molecule has 17 heavy (non-hydrogen) atoms.